The van der Waals surface area contributed by atoms with Crippen molar-refractivity contribution in [1.82, 2.24) is 0 Å². The molecule has 0 N–H and O–H groups in total. The monoisotopic (exact) mass is 976 g/mol. The van der Waals surface area contributed by atoms with Gasteiger partial charge >= 0.3 is 128 Å². The molecule has 7 aromatic rings. The minimum atomic E-state index is 0. The summed E-state index contributed by atoms with van der Waals surface area (Å²) in [4.78, 5) is 0. The van der Waals surface area contributed by atoms with E-state index < -0.39 is 0 Å². The fraction of sp³-hybridized carbons (Fsp3) is 0.176. The summed E-state index contributed by atoms with van der Waals surface area (Å²) in [6, 6.07) is 59.7. The molecule has 5 heteroatoms. The van der Waals surface area contributed by atoms with Gasteiger partial charge in [0.2, 0.25) is 0 Å². The summed E-state index contributed by atoms with van der Waals surface area (Å²) < 4.78 is 3.62. The van der Waals surface area contributed by atoms with Crippen LogP contribution in [0.3, 0.4) is 0 Å². The molecule has 1 aliphatic carbocycles. The standard InChI is InChI=1S/C33H33.C13H8Br2.C5H5.2ClH.Zr/c1-32(2,3)30-20-26-24(18-28(30)22-13-9-7-10-14-22)17-25-19-29(23-15-11-8-12-16-23)31(21-27(25)26)33(4,5)6;14-12-5-1-3-10(8-12)7-11-4-2-6-13(15)9-11;1-2-4-5-3-1;;;/h7-16,18,20-21H,17H2,1-6H3;1-6,8-9H;1-5H;2*1H;/q-1;;-1;;;+2/p-2. The van der Waals surface area contributed by atoms with Crippen LogP contribution in [0.15, 0.2) is 167 Å². The first-order valence-electron chi connectivity index (χ1n) is 18.4. The molecule has 0 saturated carbocycles. The van der Waals surface area contributed by atoms with Crippen molar-refractivity contribution in [3.05, 3.63) is 206 Å². The largest absolute Gasteiger partial charge is 1.00 e. The molecule has 0 unspecified atom stereocenters. The van der Waals surface area contributed by atoms with Crippen LogP contribution in [-0.2, 0) is 41.5 Å². The van der Waals surface area contributed by atoms with Crippen LogP contribution in [-0.4, -0.2) is 3.21 Å². The van der Waals surface area contributed by atoms with Gasteiger partial charge in [0.15, 0.2) is 0 Å². The molecule has 56 heavy (non-hydrogen) atoms. The van der Waals surface area contributed by atoms with Gasteiger partial charge in [-0.2, -0.15) is 18.2 Å². The first-order chi connectivity index (χ1) is 25.8. The predicted molar refractivity (Wildman–Crippen MR) is 235 cm³/mol. The van der Waals surface area contributed by atoms with Gasteiger partial charge in [-0.1, -0.05) is 131 Å². The van der Waals surface area contributed by atoms with E-state index in [1.165, 1.54) is 94.2 Å². The summed E-state index contributed by atoms with van der Waals surface area (Å²) in [6.45, 7) is 13.9. The Morgan fingerprint density at radius 1 is 0.554 bits per heavy atom. The molecule has 7 aromatic carbocycles. The van der Waals surface area contributed by atoms with E-state index in [1.807, 2.05) is 42.5 Å². The third-order valence-electron chi connectivity index (χ3n) is 9.61. The molecule has 0 aromatic heterocycles. The van der Waals surface area contributed by atoms with Gasteiger partial charge in [0.25, 0.3) is 0 Å². The normalized spacial score (nSPS) is 11.3. The molecule has 0 saturated heterocycles. The molecule has 0 bridgehead atoms. The summed E-state index contributed by atoms with van der Waals surface area (Å²) in [5.74, 6) is 0. The second-order valence-electron chi connectivity index (χ2n) is 15.8. The van der Waals surface area contributed by atoms with Crippen molar-refractivity contribution >= 4 is 35.1 Å². The summed E-state index contributed by atoms with van der Waals surface area (Å²) in [5.41, 5.74) is 16.1. The Balaban J connectivity index is 0.000000252. The fourth-order valence-corrected chi connectivity index (χ4v) is 8.44. The zero-order valence-electron chi connectivity index (χ0n) is 32.7. The minimum absolute atomic E-state index is 0. The molecular weight excluding hydrogens is 934 g/mol. The van der Waals surface area contributed by atoms with Gasteiger partial charge in [-0.25, -0.2) is 12.1 Å². The summed E-state index contributed by atoms with van der Waals surface area (Å²) in [7, 11) is 0. The minimum Gasteiger partial charge on any atom is -1.00 e. The van der Waals surface area contributed by atoms with Crippen LogP contribution >= 0.6 is 31.9 Å². The molecule has 0 aliphatic heterocycles. The molecule has 0 nitrogen and oxygen atoms in total. The van der Waals surface area contributed by atoms with Gasteiger partial charge in [-0.05, 0) is 39.5 Å². The van der Waals surface area contributed by atoms with Crippen LogP contribution in [0.4, 0.5) is 0 Å². The molecule has 1 aliphatic rings. The number of hydrogen-bond donors (Lipinski definition) is 0. The SMILES string of the molecule is Brc1cccc([C](=[Zr+2])c2cccc(Br)c2)c1.CC(C)(C)c1cc2c([c-]c1-c1ccccc1)Cc1cc(-c3ccccc3)c(C(C)(C)C)cc1-2.[Cl-].[Cl-].c1cc[cH-]c1. The van der Waals surface area contributed by atoms with Crippen molar-refractivity contribution in [1.29, 1.82) is 0 Å². The number of halogens is 4. The van der Waals surface area contributed by atoms with Gasteiger partial charge < -0.3 is 24.8 Å². The zero-order valence-corrected chi connectivity index (χ0v) is 39.9. The predicted octanol–water partition coefficient (Wildman–Crippen LogP) is 8.73. The van der Waals surface area contributed by atoms with Crippen LogP contribution in [0.5, 0.6) is 0 Å². The molecular formula is C51H46Br2Cl2Zr-2. The molecule has 0 amide bonds. The van der Waals surface area contributed by atoms with Crippen molar-refractivity contribution in [2.75, 3.05) is 0 Å². The Kier molecular flexibility index (Phi) is 16.4. The molecule has 284 valence electrons. The Morgan fingerprint density at radius 2 is 1.05 bits per heavy atom. The van der Waals surface area contributed by atoms with Crippen molar-refractivity contribution in [2.45, 2.75) is 58.8 Å². The first-order valence-corrected chi connectivity index (χ1v) is 21.3. The second-order valence-corrected chi connectivity index (χ2v) is 18.8. The second kappa shape index (κ2) is 20.1. The topological polar surface area (TPSA) is 0 Å². The summed E-state index contributed by atoms with van der Waals surface area (Å²) in [5, 5.41) is 0. The van der Waals surface area contributed by atoms with Gasteiger partial charge in [-0.15, -0.1) is 28.8 Å². The van der Waals surface area contributed by atoms with E-state index in [1.54, 1.807) is 0 Å². The number of fused-ring (bicyclic) bond motifs is 3. The third-order valence-corrected chi connectivity index (χ3v) is 12.0. The number of hydrogen-bond acceptors (Lipinski definition) is 0. The molecule has 0 radical (unpaired) electrons. The fourth-order valence-electron chi connectivity index (χ4n) is 6.88. The van der Waals surface area contributed by atoms with Gasteiger partial charge in [0.05, 0.1) is 0 Å². The van der Waals surface area contributed by atoms with Crippen LogP contribution in [0.25, 0.3) is 33.4 Å². The van der Waals surface area contributed by atoms with E-state index in [-0.39, 0.29) is 35.6 Å². The van der Waals surface area contributed by atoms with Crippen LogP contribution in [0, 0.1) is 6.07 Å². The van der Waals surface area contributed by atoms with Crippen molar-refractivity contribution in [3.8, 4) is 33.4 Å². The van der Waals surface area contributed by atoms with Crippen molar-refractivity contribution in [2.24, 2.45) is 0 Å². The molecule has 0 fully saturated rings. The van der Waals surface area contributed by atoms with Crippen molar-refractivity contribution in [3.63, 3.8) is 0 Å². The number of rotatable bonds is 4. The van der Waals surface area contributed by atoms with Gasteiger partial charge in [-0.3, -0.25) is 0 Å². The van der Waals surface area contributed by atoms with Gasteiger partial charge in [0, 0.05) is 0 Å². The molecule has 0 heterocycles. The molecule has 8 rings (SSSR count). The quantitative estimate of drug-likeness (QED) is 0.155. The Hall–Kier alpha value is -3.04. The van der Waals surface area contributed by atoms with E-state index in [9.17, 15) is 0 Å². The average molecular weight is 981 g/mol. The molecule has 0 atom stereocenters. The molecule has 0 spiro atoms. The third kappa shape index (κ3) is 11.3. The van der Waals surface area contributed by atoms with Crippen LogP contribution in [0.1, 0.15) is 74.9 Å². The maximum atomic E-state index is 3.88. The zero-order chi connectivity index (χ0) is 38.5. The van der Waals surface area contributed by atoms with Crippen LogP contribution < -0.4 is 24.8 Å². The Morgan fingerprint density at radius 3 is 1.52 bits per heavy atom. The van der Waals surface area contributed by atoms with E-state index >= 15 is 0 Å². The number of benzene rings is 6. The Labute approximate surface area is 379 Å². The van der Waals surface area contributed by atoms with Crippen LogP contribution in [0.2, 0.25) is 0 Å². The maximum absolute atomic E-state index is 3.88. The maximum Gasteiger partial charge on any atom is -0.0126 e. The van der Waals surface area contributed by atoms with Gasteiger partial charge in [0.1, 0.15) is 0 Å². The average Bonchev–Trinajstić information content (AvgIpc) is 3.86. The first kappa shape index (κ1) is 45.7. The van der Waals surface area contributed by atoms with E-state index in [0.717, 1.165) is 15.4 Å². The van der Waals surface area contributed by atoms with E-state index in [2.05, 4.69) is 195 Å². The van der Waals surface area contributed by atoms with E-state index in [4.69, 9.17) is 0 Å². The summed E-state index contributed by atoms with van der Waals surface area (Å²) >= 11 is 8.43. The smallest absolute Gasteiger partial charge is 0.0126 e. The van der Waals surface area contributed by atoms with Crippen molar-refractivity contribution < 1.29 is 49.0 Å². The Bertz CT molecular complexity index is 2180. The van der Waals surface area contributed by atoms with E-state index in [0.29, 0.717) is 0 Å². The summed E-state index contributed by atoms with van der Waals surface area (Å²) in [6.07, 6.45) is 0.944.